The second kappa shape index (κ2) is 16.4. The monoisotopic (exact) mass is 533 g/mol. The highest BCUT2D eigenvalue weighted by atomic mass is 16.3. The fraction of sp³-hybridized carbons (Fsp3) is 0.588. The number of hydrogen-bond donors (Lipinski definition) is 3. The molecule has 1 heterocycles. The zero-order valence-corrected chi connectivity index (χ0v) is 24.8. The van der Waals surface area contributed by atoms with Crippen molar-refractivity contribution in [1.29, 1.82) is 0 Å². The average molecular weight is 534 g/mol. The van der Waals surface area contributed by atoms with E-state index in [4.69, 9.17) is 9.98 Å². The lowest BCUT2D eigenvalue weighted by atomic mass is 9.97. The maximum absolute atomic E-state index is 11.0. The van der Waals surface area contributed by atoms with Gasteiger partial charge in [-0.2, -0.15) is 0 Å². The second-order valence-electron chi connectivity index (χ2n) is 11.1. The Bertz CT molecular complexity index is 1010. The summed E-state index contributed by atoms with van der Waals surface area (Å²) in [4.78, 5) is 9.81. The molecule has 39 heavy (non-hydrogen) atoms. The molecule has 0 spiro atoms. The van der Waals surface area contributed by atoms with E-state index in [1.54, 1.807) is 0 Å². The summed E-state index contributed by atoms with van der Waals surface area (Å²) in [6, 6.07) is 8.54. The van der Waals surface area contributed by atoms with Gasteiger partial charge in [0.15, 0.2) is 0 Å². The smallest absolute Gasteiger partial charge is 0.127 e. The number of aromatic hydroxyl groups is 2. The lowest BCUT2D eigenvalue weighted by Crippen LogP contribution is -2.20. The van der Waals surface area contributed by atoms with Crippen LogP contribution in [0.3, 0.4) is 0 Å². The molecule has 0 unspecified atom stereocenters. The number of unbranched alkanes of at least 4 members (excludes halogenated alkanes) is 4. The van der Waals surface area contributed by atoms with E-state index in [2.05, 4.69) is 57.3 Å². The van der Waals surface area contributed by atoms with Crippen LogP contribution in [0.1, 0.15) is 112 Å². The third-order valence-electron chi connectivity index (χ3n) is 7.75. The molecule has 1 aliphatic heterocycles. The molecule has 3 rings (SSSR count). The summed E-state index contributed by atoms with van der Waals surface area (Å²) >= 11 is 0. The van der Waals surface area contributed by atoms with Crippen molar-refractivity contribution in [2.24, 2.45) is 9.98 Å². The average Bonchev–Trinajstić information content (AvgIpc) is 3.40. The van der Waals surface area contributed by atoms with Crippen molar-refractivity contribution >= 4 is 12.4 Å². The van der Waals surface area contributed by atoms with E-state index in [0.717, 1.165) is 112 Å². The van der Waals surface area contributed by atoms with Crippen molar-refractivity contribution in [3.8, 4) is 11.5 Å². The summed E-state index contributed by atoms with van der Waals surface area (Å²) in [5.41, 5.74) is 6.24. The molecule has 1 aliphatic rings. The third-order valence-corrected chi connectivity index (χ3v) is 7.75. The van der Waals surface area contributed by atoms with Crippen LogP contribution in [-0.2, 0) is 25.7 Å². The number of aryl methyl sites for hydroxylation is 4. The molecular formula is C34H51N3O2. The molecule has 0 amide bonds. The van der Waals surface area contributed by atoms with Crippen LogP contribution < -0.4 is 5.32 Å². The van der Waals surface area contributed by atoms with E-state index < -0.39 is 0 Å². The Balaban J connectivity index is 1.81. The molecule has 0 saturated carbocycles. The second-order valence-corrected chi connectivity index (χ2v) is 11.1. The lowest BCUT2D eigenvalue weighted by Gasteiger charge is -2.14. The van der Waals surface area contributed by atoms with E-state index in [-0.39, 0.29) is 12.1 Å². The standard InChI is InChI=1S/C34H51N3O2/c1-5-9-13-25-17-27(15-11-7-3)33(38)29(19-25)21-36-31-23-35-24-32(31)37-22-30-20-26(14-10-6-2)18-28(34(30)39)16-12-8-4/h17-22,31-32,35,38-39H,5-16,23-24H2,1-4H3/b36-21+,37-22+/t31-,32-/m0/s1. The number of rotatable bonds is 16. The SMILES string of the molecule is CCCCc1cc(/C=N/[C@H]2CNC[C@@H]2/N=C/c2cc(CCCC)cc(CCCC)c2O)c(O)c(CCCC)c1. The van der Waals surface area contributed by atoms with Gasteiger partial charge in [0.1, 0.15) is 11.5 Å². The molecule has 0 aliphatic carbocycles. The third kappa shape index (κ3) is 9.20. The van der Waals surface area contributed by atoms with Gasteiger partial charge in [-0.05, 0) is 85.8 Å². The van der Waals surface area contributed by atoms with Gasteiger partial charge in [-0.15, -0.1) is 0 Å². The summed E-state index contributed by atoms with van der Waals surface area (Å²) < 4.78 is 0. The first-order valence-electron chi connectivity index (χ1n) is 15.5. The van der Waals surface area contributed by atoms with Gasteiger partial charge in [-0.1, -0.05) is 65.5 Å². The summed E-state index contributed by atoms with van der Waals surface area (Å²) in [7, 11) is 0. The van der Waals surface area contributed by atoms with Crippen molar-refractivity contribution in [2.75, 3.05) is 13.1 Å². The number of benzene rings is 2. The van der Waals surface area contributed by atoms with Gasteiger partial charge >= 0.3 is 0 Å². The lowest BCUT2D eigenvalue weighted by molar-refractivity contribution is 0.465. The van der Waals surface area contributed by atoms with Gasteiger partial charge in [0.2, 0.25) is 0 Å². The molecule has 1 fully saturated rings. The summed E-state index contributed by atoms with van der Waals surface area (Å²) in [5, 5.41) is 25.4. The molecule has 214 valence electrons. The molecule has 2 aromatic carbocycles. The Morgan fingerprint density at radius 3 is 1.41 bits per heavy atom. The number of phenols is 2. The number of aliphatic imine (C=N–C) groups is 2. The number of phenolic OH excluding ortho intramolecular Hbond substituents is 2. The Labute approximate surface area is 236 Å². The van der Waals surface area contributed by atoms with Crippen molar-refractivity contribution in [1.82, 2.24) is 5.32 Å². The Morgan fingerprint density at radius 2 is 1.03 bits per heavy atom. The van der Waals surface area contributed by atoms with Crippen LogP contribution in [0.15, 0.2) is 34.3 Å². The van der Waals surface area contributed by atoms with Crippen LogP contribution in [0.2, 0.25) is 0 Å². The molecule has 0 radical (unpaired) electrons. The van der Waals surface area contributed by atoms with Crippen LogP contribution in [0.25, 0.3) is 0 Å². The first kappa shape index (κ1) is 30.9. The maximum Gasteiger partial charge on any atom is 0.127 e. The quantitative estimate of drug-likeness (QED) is 0.197. The Kier molecular flexibility index (Phi) is 13.0. The van der Waals surface area contributed by atoms with Crippen LogP contribution >= 0.6 is 0 Å². The van der Waals surface area contributed by atoms with Crippen molar-refractivity contribution in [3.05, 3.63) is 57.6 Å². The van der Waals surface area contributed by atoms with Crippen LogP contribution in [0, 0.1) is 0 Å². The molecule has 5 heteroatoms. The van der Waals surface area contributed by atoms with Crippen LogP contribution in [0.5, 0.6) is 11.5 Å². The molecular weight excluding hydrogens is 482 g/mol. The zero-order valence-electron chi connectivity index (χ0n) is 24.8. The molecule has 2 aromatic rings. The fourth-order valence-electron chi connectivity index (χ4n) is 5.24. The summed E-state index contributed by atoms with van der Waals surface area (Å²) in [5.74, 6) is 0.735. The summed E-state index contributed by atoms with van der Waals surface area (Å²) in [6.07, 6.45) is 16.5. The van der Waals surface area contributed by atoms with Crippen molar-refractivity contribution < 1.29 is 10.2 Å². The Morgan fingerprint density at radius 1 is 0.641 bits per heavy atom. The molecule has 1 saturated heterocycles. The van der Waals surface area contributed by atoms with Crippen LogP contribution in [-0.4, -0.2) is 47.8 Å². The predicted molar refractivity (Wildman–Crippen MR) is 166 cm³/mol. The van der Waals surface area contributed by atoms with E-state index >= 15 is 0 Å². The van der Waals surface area contributed by atoms with E-state index in [0.29, 0.717) is 11.5 Å². The first-order valence-corrected chi connectivity index (χ1v) is 15.5. The van der Waals surface area contributed by atoms with E-state index in [9.17, 15) is 10.2 Å². The number of hydrogen-bond acceptors (Lipinski definition) is 5. The minimum atomic E-state index is -0.0102. The van der Waals surface area contributed by atoms with Gasteiger partial charge < -0.3 is 15.5 Å². The summed E-state index contributed by atoms with van der Waals surface area (Å²) in [6.45, 7) is 10.3. The number of nitrogens with zero attached hydrogens (tertiary/aromatic N) is 2. The highest BCUT2D eigenvalue weighted by Crippen LogP contribution is 2.28. The molecule has 3 N–H and O–H groups in total. The zero-order chi connectivity index (χ0) is 28.0. The normalized spacial score (nSPS) is 17.6. The van der Waals surface area contributed by atoms with E-state index in [1.165, 1.54) is 11.1 Å². The molecule has 5 nitrogen and oxygen atoms in total. The largest absolute Gasteiger partial charge is 0.507 e. The molecule has 0 aromatic heterocycles. The van der Waals surface area contributed by atoms with Crippen molar-refractivity contribution in [3.63, 3.8) is 0 Å². The highest BCUT2D eigenvalue weighted by Gasteiger charge is 2.25. The van der Waals surface area contributed by atoms with Gasteiger partial charge in [0.25, 0.3) is 0 Å². The Hall–Kier alpha value is -2.66. The highest BCUT2D eigenvalue weighted by molar-refractivity contribution is 5.86. The van der Waals surface area contributed by atoms with Crippen molar-refractivity contribution in [2.45, 2.75) is 117 Å². The van der Waals surface area contributed by atoms with Gasteiger partial charge in [-0.3, -0.25) is 9.98 Å². The van der Waals surface area contributed by atoms with Crippen LogP contribution in [0.4, 0.5) is 0 Å². The van der Waals surface area contributed by atoms with Gasteiger partial charge in [0, 0.05) is 36.6 Å². The first-order chi connectivity index (χ1) is 19.0. The van der Waals surface area contributed by atoms with Gasteiger partial charge in [-0.25, -0.2) is 0 Å². The minimum absolute atomic E-state index is 0.0102. The molecule has 2 atom stereocenters. The molecule has 0 bridgehead atoms. The fourth-order valence-corrected chi connectivity index (χ4v) is 5.24. The minimum Gasteiger partial charge on any atom is -0.507 e. The van der Waals surface area contributed by atoms with Gasteiger partial charge in [0.05, 0.1) is 12.1 Å². The number of nitrogens with one attached hydrogen (secondary N) is 1. The van der Waals surface area contributed by atoms with E-state index in [1.807, 2.05) is 12.4 Å². The maximum atomic E-state index is 11.0. The topological polar surface area (TPSA) is 77.2 Å². The predicted octanol–water partition coefficient (Wildman–Crippen LogP) is 7.35.